The summed E-state index contributed by atoms with van der Waals surface area (Å²) in [5.74, 6) is 0. The molecule has 0 spiro atoms. The first-order valence-corrected chi connectivity index (χ1v) is 8.98. The van der Waals surface area contributed by atoms with Crippen LogP contribution < -0.4 is 5.56 Å². The van der Waals surface area contributed by atoms with Crippen molar-refractivity contribution in [2.75, 3.05) is 0 Å². The zero-order chi connectivity index (χ0) is 18.9. The number of aromatic nitrogens is 4. The predicted octanol–water partition coefficient (Wildman–Crippen LogP) is 4.24. The Bertz CT molecular complexity index is 1310. The fourth-order valence-corrected chi connectivity index (χ4v) is 3.61. The lowest BCUT2D eigenvalue weighted by atomic mass is 10.0. The molecule has 0 radical (unpaired) electrons. The van der Waals surface area contributed by atoms with Crippen molar-refractivity contribution in [3.63, 3.8) is 0 Å². The summed E-state index contributed by atoms with van der Waals surface area (Å²) < 4.78 is 3.58. The maximum Gasteiger partial charge on any atom is 0.265 e. The molecule has 0 aliphatic heterocycles. The van der Waals surface area contributed by atoms with Gasteiger partial charge in [0.05, 0.1) is 16.8 Å². The monoisotopic (exact) mass is 364 g/mol. The smallest absolute Gasteiger partial charge is 0.265 e. The van der Waals surface area contributed by atoms with Gasteiger partial charge in [0.15, 0.2) is 0 Å². The van der Waals surface area contributed by atoms with E-state index < -0.39 is 0 Å². The summed E-state index contributed by atoms with van der Waals surface area (Å²) in [4.78, 5) is 13.8. The average Bonchev–Trinajstić information content (AvgIpc) is 3.28. The van der Waals surface area contributed by atoms with Gasteiger partial charge in [-0.2, -0.15) is 0 Å². The van der Waals surface area contributed by atoms with Crippen molar-refractivity contribution in [1.29, 1.82) is 0 Å². The molecule has 2 heterocycles. The van der Waals surface area contributed by atoms with E-state index in [-0.39, 0.29) is 5.56 Å². The van der Waals surface area contributed by atoms with Crippen LogP contribution in [-0.2, 0) is 0 Å². The van der Waals surface area contributed by atoms with Crippen LogP contribution in [0.5, 0.6) is 0 Å². The van der Waals surface area contributed by atoms with E-state index in [0.29, 0.717) is 5.56 Å². The maximum atomic E-state index is 13.8. The molecule has 0 N–H and O–H groups in total. The second-order valence-corrected chi connectivity index (χ2v) is 6.45. The summed E-state index contributed by atoms with van der Waals surface area (Å²) in [6, 6.07) is 27.3. The molecule has 0 amide bonds. The Morgan fingerprint density at radius 2 is 1.29 bits per heavy atom. The van der Waals surface area contributed by atoms with Crippen LogP contribution in [0.1, 0.15) is 0 Å². The third kappa shape index (κ3) is 2.53. The van der Waals surface area contributed by atoms with E-state index in [2.05, 4.69) is 10.2 Å². The molecule has 134 valence electrons. The van der Waals surface area contributed by atoms with Crippen molar-refractivity contribution in [1.82, 2.24) is 19.3 Å². The SMILES string of the molecule is O=c1c(-c2ccccc2)c(-n2cnnc2)c2ccccc2n1-c1ccccc1. The van der Waals surface area contributed by atoms with Gasteiger partial charge in [0.1, 0.15) is 12.7 Å². The molecule has 0 unspecified atom stereocenters. The highest BCUT2D eigenvalue weighted by Crippen LogP contribution is 2.31. The quantitative estimate of drug-likeness (QED) is 0.481. The van der Waals surface area contributed by atoms with Gasteiger partial charge in [0, 0.05) is 11.1 Å². The highest BCUT2D eigenvalue weighted by atomic mass is 16.1. The molecule has 5 nitrogen and oxygen atoms in total. The molecule has 2 aromatic heterocycles. The maximum absolute atomic E-state index is 13.8. The summed E-state index contributed by atoms with van der Waals surface area (Å²) >= 11 is 0. The van der Waals surface area contributed by atoms with Crippen molar-refractivity contribution in [3.05, 3.63) is 108 Å². The number of fused-ring (bicyclic) bond motifs is 1. The van der Waals surface area contributed by atoms with Crippen LogP contribution in [0.15, 0.2) is 102 Å². The fourth-order valence-electron chi connectivity index (χ4n) is 3.61. The summed E-state index contributed by atoms with van der Waals surface area (Å²) in [5.41, 5.74) is 3.83. The highest BCUT2D eigenvalue weighted by molar-refractivity contribution is 5.95. The van der Waals surface area contributed by atoms with Gasteiger partial charge >= 0.3 is 0 Å². The lowest BCUT2D eigenvalue weighted by Crippen LogP contribution is -2.23. The standard InChI is InChI=1S/C23H16N4O/c28-23-21(17-9-3-1-4-10-17)22(26-15-24-25-16-26)19-13-7-8-14-20(19)27(23)18-11-5-2-6-12-18/h1-16H. The molecule has 0 bridgehead atoms. The van der Waals surface area contributed by atoms with E-state index >= 15 is 0 Å². The van der Waals surface area contributed by atoms with E-state index in [4.69, 9.17) is 0 Å². The molecular weight excluding hydrogens is 348 g/mol. The van der Waals surface area contributed by atoms with Crippen LogP contribution in [0, 0.1) is 0 Å². The van der Waals surface area contributed by atoms with Gasteiger partial charge in [0.25, 0.3) is 5.56 Å². The molecule has 5 aromatic rings. The molecule has 0 atom stereocenters. The minimum Gasteiger partial charge on any atom is -0.287 e. The second kappa shape index (κ2) is 6.63. The molecule has 28 heavy (non-hydrogen) atoms. The van der Waals surface area contributed by atoms with E-state index in [1.54, 1.807) is 21.8 Å². The first-order valence-electron chi connectivity index (χ1n) is 8.98. The van der Waals surface area contributed by atoms with Gasteiger partial charge in [-0.05, 0) is 23.8 Å². The highest BCUT2D eigenvalue weighted by Gasteiger charge is 2.20. The molecule has 0 fully saturated rings. The van der Waals surface area contributed by atoms with Gasteiger partial charge in [-0.15, -0.1) is 10.2 Å². The Labute approximate surface area is 161 Å². The van der Waals surface area contributed by atoms with Gasteiger partial charge in [-0.3, -0.25) is 13.9 Å². The number of benzene rings is 3. The van der Waals surface area contributed by atoms with Crippen molar-refractivity contribution < 1.29 is 0 Å². The van der Waals surface area contributed by atoms with Crippen LogP contribution >= 0.6 is 0 Å². The zero-order valence-electron chi connectivity index (χ0n) is 14.9. The Balaban J connectivity index is 2.01. The predicted molar refractivity (Wildman–Crippen MR) is 110 cm³/mol. The normalized spacial score (nSPS) is 11.0. The number of nitrogens with zero attached hydrogens (tertiary/aromatic N) is 4. The number of para-hydroxylation sites is 2. The van der Waals surface area contributed by atoms with Crippen molar-refractivity contribution >= 4 is 10.9 Å². The van der Waals surface area contributed by atoms with Crippen LogP contribution in [0.25, 0.3) is 33.4 Å². The van der Waals surface area contributed by atoms with Crippen molar-refractivity contribution in [2.24, 2.45) is 0 Å². The summed E-state index contributed by atoms with van der Waals surface area (Å²) in [6.45, 7) is 0. The van der Waals surface area contributed by atoms with Crippen LogP contribution in [0.3, 0.4) is 0 Å². The van der Waals surface area contributed by atoms with Gasteiger partial charge in [-0.25, -0.2) is 0 Å². The van der Waals surface area contributed by atoms with E-state index in [1.165, 1.54) is 0 Å². The van der Waals surface area contributed by atoms with Crippen LogP contribution in [0.2, 0.25) is 0 Å². The van der Waals surface area contributed by atoms with Gasteiger partial charge in [0.2, 0.25) is 0 Å². The third-order valence-corrected chi connectivity index (χ3v) is 4.81. The first-order chi connectivity index (χ1) is 13.8. The lowest BCUT2D eigenvalue weighted by molar-refractivity contribution is 1.01. The minimum atomic E-state index is -0.0835. The Morgan fingerprint density at radius 3 is 2.00 bits per heavy atom. The Hall–Kier alpha value is -3.99. The Morgan fingerprint density at radius 1 is 0.679 bits per heavy atom. The Kier molecular flexibility index (Phi) is 3.84. The first kappa shape index (κ1) is 16.2. The average molecular weight is 364 g/mol. The molecule has 0 saturated heterocycles. The zero-order valence-corrected chi connectivity index (χ0v) is 14.9. The minimum absolute atomic E-state index is 0.0835. The van der Waals surface area contributed by atoms with Crippen LogP contribution in [0.4, 0.5) is 0 Å². The molecule has 0 aliphatic carbocycles. The van der Waals surface area contributed by atoms with E-state index in [9.17, 15) is 4.79 Å². The van der Waals surface area contributed by atoms with E-state index in [0.717, 1.165) is 27.8 Å². The lowest BCUT2D eigenvalue weighted by Gasteiger charge is -2.18. The molecule has 0 saturated carbocycles. The number of hydrogen-bond donors (Lipinski definition) is 0. The molecule has 5 heteroatoms. The number of hydrogen-bond acceptors (Lipinski definition) is 3. The summed E-state index contributed by atoms with van der Waals surface area (Å²) in [7, 11) is 0. The van der Waals surface area contributed by atoms with Gasteiger partial charge < -0.3 is 0 Å². The van der Waals surface area contributed by atoms with Crippen LogP contribution in [-0.4, -0.2) is 19.3 Å². The summed E-state index contributed by atoms with van der Waals surface area (Å²) in [6.07, 6.45) is 3.25. The number of pyridine rings is 1. The number of rotatable bonds is 3. The topological polar surface area (TPSA) is 52.7 Å². The second-order valence-electron chi connectivity index (χ2n) is 6.45. The van der Waals surface area contributed by atoms with E-state index in [1.807, 2.05) is 84.9 Å². The molecule has 5 rings (SSSR count). The molecule has 3 aromatic carbocycles. The van der Waals surface area contributed by atoms with Crippen molar-refractivity contribution in [3.8, 4) is 22.5 Å². The molecule has 0 aliphatic rings. The van der Waals surface area contributed by atoms with Gasteiger partial charge in [-0.1, -0.05) is 66.7 Å². The molecular formula is C23H16N4O. The third-order valence-electron chi connectivity index (χ3n) is 4.81. The summed E-state index contributed by atoms with van der Waals surface area (Å²) in [5, 5.41) is 8.86. The fraction of sp³-hybridized carbons (Fsp3) is 0. The van der Waals surface area contributed by atoms with Crippen molar-refractivity contribution in [2.45, 2.75) is 0 Å². The largest absolute Gasteiger partial charge is 0.287 e.